The Kier molecular flexibility index (Phi) is 9.23. The highest BCUT2D eigenvalue weighted by molar-refractivity contribution is 5.93. The number of carboxylic acids is 2. The number of hydrogen-bond acceptors (Lipinski definition) is 7. The average molecular weight is 424 g/mol. The molecule has 3 atom stereocenters. The third kappa shape index (κ3) is 8.56. The van der Waals surface area contributed by atoms with Gasteiger partial charge in [-0.05, 0) is 24.1 Å². The summed E-state index contributed by atoms with van der Waals surface area (Å²) in [6.45, 7) is 0. The molecule has 0 aliphatic carbocycles. The van der Waals surface area contributed by atoms with Gasteiger partial charge in [0.2, 0.25) is 17.7 Å². The molecular formula is C18H24N4O8. The van der Waals surface area contributed by atoms with Crippen LogP contribution in [0.5, 0.6) is 5.75 Å². The summed E-state index contributed by atoms with van der Waals surface area (Å²) in [6, 6.07) is 1.53. The number of carboxylic acid groups (broad SMARTS) is 2. The van der Waals surface area contributed by atoms with Gasteiger partial charge in [0.1, 0.15) is 17.8 Å². The van der Waals surface area contributed by atoms with E-state index in [0.29, 0.717) is 5.56 Å². The van der Waals surface area contributed by atoms with E-state index in [0.717, 1.165) is 0 Å². The smallest absolute Gasteiger partial charge is 0.326 e. The van der Waals surface area contributed by atoms with E-state index in [-0.39, 0.29) is 25.0 Å². The Hall–Kier alpha value is -3.67. The molecule has 0 aromatic heterocycles. The van der Waals surface area contributed by atoms with Gasteiger partial charge < -0.3 is 37.4 Å². The van der Waals surface area contributed by atoms with Crippen molar-refractivity contribution in [1.82, 2.24) is 10.6 Å². The highest BCUT2D eigenvalue weighted by Gasteiger charge is 2.29. The molecule has 12 heteroatoms. The molecule has 1 rings (SSSR count). The molecule has 0 bridgehead atoms. The van der Waals surface area contributed by atoms with Crippen molar-refractivity contribution in [3.8, 4) is 5.75 Å². The van der Waals surface area contributed by atoms with E-state index in [1.165, 1.54) is 24.3 Å². The zero-order chi connectivity index (χ0) is 22.8. The number of phenols is 1. The maximum Gasteiger partial charge on any atom is 0.326 e. The fourth-order valence-electron chi connectivity index (χ4n) is 2.45. The summed E-state index contributed by atoms with van der Waals surface area (Å²) in [5.41, 5.74) is 11.0. The summed E-state index contributed by atoms with van der Waals surface area (Å²) >= 11 is 0. The molecule has 0 saturated heterocycles. The fraction of sp³-hybridized carbons (Fsp3) is 0.389. The van der Waals surface area contributed by atoms with Gasteiger partial charge in [-0.2, -0.15) is 0 Å². The molecule has 1 aromatic rings. The topological polar surface area (TPSA) is 222 Å². The van der Waals surface area contributed by atoms with Crippen LogP contribution in [0.3, 0.4) is 0 Å². The highest BCUT2D eigenvalue weighted by atomic mass is 16.4. The first-order chi connectivity index (χ1) is 14.0. The highest BCUT2D eigenvalue weighted by Crippen LogP contribution is 2.12. The summed E-state index contributed by atoms with van der Waals surface area (Å²) in [5, 5.41) is 31.9. The summed E-state index contributed by atoms with van der Waals surface area (Å²) in [6.07, 6.45) is -1.31. The maximum absolute atomic E-state index is 12.6. The third-order valence-electron chi connectivity index (χ3n) is 4.03. The largest absolute Gasteiger partial charge is 0.508 e. The van der Waals surface area contributed by atoms with Crippen molar-refractivity contribution in [3.63, 3.8) is 0 Å². The molecule has 164 valence electrons. The second-order valence-electron chi connectivity index (χ2n) is 6.54. The zero-order valence-corrected chi connectivity index (χ0v) is 15.9. The number of primary amides is 1. The quantitative estimate of drug-likeness (QED) is 0.198. The van der Waals surface area contributed by atoms with Crippen molar-refractivity contribution in [2.45, 2.75) is 43.8 Å². The van der Waals surface area contributed by atoms with Gasteiger partial charge in [-0.1, -0.05) is 12.1 Å². The van der Waals surface area contributed by atoms with E-state index in [4.69, 9.17) is 16.6 Å². The molecule has 0 saturated carbocycles. The number of phenolic OH excluding ortho intramolecular Hbond substituents is 1. The second kappa shape index (κ2) is 11.4. The number of carbonyl (C=O) groups excluding carboxylic acids is 3. The van der Waals surface area contributed by atoms with Gasteiger partial charge in [-0.3, -0.25) is 19.2 Å². The van der Waals surface area contributed by atoms with Crippen LogP contribution < -0.4 is 22.1 Å². The third-order valence-corrected chi connectivity index (χ3v) is 4.03. The molecule has 0 spiro atoms. The molecule has 1 aromatic carbocycles. The van der Waals surface area contributed by atoms with E-state index < -0.39 is 54.2 Å². The predicted octanol–water partition coefficient (Wildman–Crippen LogP) is -1.94. The zero-order valence-electron chi connectivity index (χ0n) is 15.9. The molecule has 9 N–H and O–H groups in total. The lowest BCUT2D eigenvalue weighted by molar-refractivity contribution is -0.143. The van der Waals surface area contributed by atoms with Gasteiger partial charge in [-0.25, -0.2) is 4.79 Å². The van der Waals surface area contributed by atoms with Crippen molar-refractivity contribution in [1.29, 1.82) is 0 Å². The van der Waals surface area contributed by atoms with Crippen LogP contribution in [0.15, 0.2) is 24.3 Å². The monoisotopic (exact) mass is 424 g/mol. The number of aromatic hydroxyl groups is 1. The Balaban J connectivity index is 2.98. The minimum absolute atomic E-state index is 0.0235. The van der Waals surface area contributed by atoms with Crippen molar-refractivity contribution in [2.75, 3.05) is 0 Å². The van der Waals surface area contributed by atoms with Gasteiger partial charge in [0, 0.05) is 12.8 Å². The fourth-order valence-corrected chi connectivity index (χ4v) is 2.45. The number of nitrogens with one attached hydrogen (secondary N) is 2. The second-order valence-corrected chi connectivity index (χ2v) is 6.54. The van der Waals surface area contributed by atoms with Gasteiger partial charge in [0.05, 0.1) is 12.5 Å². The predicted molar refractivity (Wildman–Crippen MR) is 102 cm³/mol. The van der Waals surface area contributed by atoms with Crippen molar-refractivity contribution in [2.24, 2.45) is 11.5 Å². The number of rotatable bonds is 12. The summed E-state index contributed by atoms with van der Waals surface area (Å²) < 4.78 is 0. The number of nitrogens with two attached hydrogens (primary N) is 2. The summed E-state index contributed by atoms with van der Waals surface area (Å²) in [4.78, 5) is 57.8. The van der Waals surface area contributed by atoms with Crippen LogP contribution in [0.25, 0.3) is 0 Å². The first kappa shape index (κ1) is 24.4. The van der Waals surface area contributed by atoms with Gasteiger partial charge in [0.25, 0.3) is 0 Å². The lowest BCUT2D eigenvalue weighted by Gasteiger charge is -2.22. The van der Waals surface area contributed by atoms with E-state index in [1.807, 2.05) is 0 Å². The number of benzene rings is 1. The first-order valence-electron chi connectivity index (χ1n) is 8.86. The molecule has 3 unspecified atom stereocenters. The maximum atomic E-state index is 12.6. The first-order valence-corrected chi connectivity index (χ1v) is 8.86. The molecule has 0 radical (unpaired) electrons. The Morgan fingerprint density at radius 1 is 0.933 bits per heavy atom. The van der Waals surface area contributed by atoms with Crippen LogP contribution in [-0.4, -0.2) is 63.1 Å². The Morgan fingerprint density at radius 2 is 1.50 bits per heavy atom. The Morgan fingerprint density at radius 3 is 2.00 bits per heavy atom. The molecule has 3 amide bonds. The van der Waals surface area contributed by atoms with E-state index in [2.05, 4.69) is 10.6 Å². The number of hydrogen-bond donors (Lipinski definition) is 7. The molecule has 0 fully saturated rings. The molecule has 0 aliphatic heterocycles. The Labute approximate surface area is 171 Å². The lowest BCUT2D eigenvalue weighted by atomic mass is 10.0. The number of aliphatic carboxylic acids is 2. The normalized spacial score (nSPS) is 13.5. The van der Waals surface area contributed by atoms with Crippen LogP contribution in [0.1, 0.15) is 24.8 Å². The van der Waals surface area contributed by atoms with Gasteiger partial charge >= 0.3 is 11.9 Å². The van der Waals surface area contributed by atoms with Crippen LogP contribution in [0.4, 0.5) is 0 Å². The average Bonchev–Trinajstić information content (AvgIpc) is 2.64. The molecule has 12 nitrogen and oxygen atoms in total. The van der Waals surface area contributed by atoms with Crippen LogP contribution in [-0.2, 0) is 30.4 Å². The van der Waals surface area contributed by atoms with E-state index in [9.17, 15) is 34.2 Å². The molecule has 0 heterocycles. The standard InChI is InChI=1S/C18H24N4O8/c19-11(8-15(25)26)16(27)22-13(7-9-1-3-10(23)4-2-9)17(28)21-12(18(29)30)5-6-14(20)24/h1-4,11-13,23H,5-8,19H2,(H2,20,24)(H,21,28)(H,22,27)(H,25,26)(H,29,30). The van der Waals surface area contributed by atoms with E-state index >= 15 is 0 Å². The van der Waals surface area contributed by atoms with Crippen LogP contribution >= 0.6 is 0 Å². The van der Waals surface area contributed by atoms with Crippen molar-refractivity contribution < 1.29 is 39.3 Å². The van der Waals surface area contributed by atoms with E-state index in [1.54, 1.807) is 0 Å². The van der Waals surface area contributed by atoms with Crippen LogP contribution in [0.2, 0.25) is 0 Å². The van der Waals surface area contributed by atoms with Gasteiger partial charge in [0.15, 0.2) is 0 Å². The lowest BCUT2D eigenvalue weighted by Crippen LogP contribution is -2.55. The molecular weight excluding hydrogens is 400 g/mol. The summed E-state index contributed by atoms with van der Waals surface area (Å²) in [7, 11) is 0. The van der Waals surface area contributed by atoms with Crippen LogP contribution in [0, 0.1) is 0 Å². The minimum atomic E-state index is -1.43. The van der Waals surface area contributed by atoms with Crippen molar-refractivity contribution in [3.05, 3.63) is 29.8 Å². The van der Waals surface area contributed by atoms with Gasteiger partial charge in [-0.15, -0.1) is 0 Å². The summed E-state index contributed by atoms with van der Waals surface area (Å²) in [5.74, 6) is -5.28. The minimum Gasteiger partial charge on any atom is -0.508 e. The number of amides is 3. The van der Waals surface area contributed by atoms with Crippen molar-refractivity contribution >= 4 is 29.7 Å². The Bertz CT molecular complexity index is 796. The molecule has 30 heavy (non-hydrogen) atoms. The molecule has 0 aliphatic rings. The number of carbonyl (C=O) groups is 5. The SMILES string of the molecule is NC(=O)CCC(NC(=O)C(Cc1ccc(O)cc1)NC(=O)C(N)CC(=O)O)C(=O)O.